The molecule has 0 atom stereocenters. The van der Waals surface area contributed by atoms with E-state index in [1.807, 2.05) is 9.47 Å². The average Bonchev–Trinajstić information content (AvgIpc) is 3.42. The van der Waals surface area contributed by atoms with E-state index in [2.05, 4.69) is 16.9 Å². The largest absolute Gasteiger partial charge is 0.454 e. The predicted molar refractivity (Wildman–Crippen MR) is 130 cm³/mol. The van der Waals surface area contributed by atoms with Crippen LogP contribution in [0.25, 0.3) is 0 Å². The molecule has 13 heteroatoms. The highest BCUT2D eigenvalue weighted by Crippen LogP contribution is 2.44. The smallest absolute Gasteiger partial charge is 0.287 e. The summed E-state index contributed by atoms with van der Waals surface area (Å²) in [4.78, 5) is 29.6. The number of piperidine rings is 1. The number of imidazole rings is 1. The van der Waals surface area contributed by atoms with E-state index in [0.29, 0.717) is 39.8 Å². The molecule has 2 aliphatic rings. The number of nitro groups is 1. The summed E-state index contributed by atoms with van der Waals surface area (Å²) in [7, 11) is 0. The molecule has 0 spiro atoms. The number of amidine groups is 1. The molecular formula is C22H27N7O5S. The Labute approximate surface area is 206 Å². The average molecular weight is 502 g/mol. The van der Waals surface area contributed by atoms with Crippen LogP contribution in [0.5, 0.6) is 11.5 Å². The maximum absolute atomic E-state index is 11.7. The quantitative estimate of drug-likeness (QED) is 0.203. The number of benzene rings is 1. The van der Waals surface area contributed by atoms with Crippen molar-refractivity contribution in [3.05, 3.63) is 40.7 Å². The van der Waals surface area contributed by atoms with Crippen molar-refractivity contribution >= 4 is 35.0 Å². The van der Waals surface area contributed by atoms with Crippen LogP contribution in [-0.2, 0) is 11.3 Å². The Kier molecular flexibility index (Phi) is 7.15. The van der Waals surface area contributed by atoms with Crippen molar-refractivity contribution in [3.63, 3.8) is 0 Å². The number of ether oxygens (including phenoxy) is 2. The summed E-state index contributed by atoms with van der Waals surface area (Å²) in [6.07, 6.45) is 4.08. The summed E-state index contributed by atoms with van der Waals surface area (Å²) in [6.45, 7) is 7.30. The maximum atomic E-state index is 11.7. The maximum Gasteiger partial charge on any atom is 0.287 e. The minimum atomic E-state index is -0.477. The second-order valence-electron chi connectivity index (χ2n) is 8.28. The number of nitrogens with two attached hydrogens (primary N) is 1. The highest BCUT2D eigenvalue weighted by Gasteiger charge is 2.28. The number of nitrogen functional groups attached to an aromatic ring is 1. The number of carbonyl (C=O) groups is 1. The summed E-state index contributed by atoms with van der Waals surface area (Å²) in [5, 5.41) is 23.2. The van der Waals surface area contributed by atoms with Gasteiger partial charge >= 0.3 is 0 Å². The van der Waals surface area contributed by atoms with Crippen LogP contribution in [0.3, 0.4) is 0 Å². The monoisotopic (exact) mass is 501 g/mol. The van der Waals surface area contributed by atoms with Gasteiger partial charge in [0, 0.05) is 32.6 Å². The summed E-state index contributed by atoms with van der Waals surface area (Å²) in [5.41, 5.74) is 5.90. The molecule has 4 rings (SSSR count). The Bertz CT molecular complexity index is 1170. The lowest BCUT2D eigenvalue weighted by molar-refractivity contribution is -0.387. The number of nitrogens with one attached hydrogen (secondary N) is 2. The number of rotatable bonds is 9. The first-order valence-electron chi connectivity index (χ1n) is 11.1. The summed E-state index contributed by atoms with van der Waals surface area (Å²) in [5.74, 6) is 1.50. The van der Waals surface area contributed by atoms with Crippen molar-refractivity contribution in [2.24, 2.45) is 11.7 Å². The molecule has 0 radical (unpaired) electrons. The first-order valence-corrected chi connectivity index (χ1v) is 11.9. The van der Waals surface area contributed by atoms with Gasteiger partial charge in [-0.1, -0.05) is 6.58 Å². The van der Waals surface area contributed by atoms with Crippen molar-refractivity contribution in [2.75, 3.05) is 25.2 Å². The van der Waals surface area contributed by atoms with Gasteiger partial charge in [0.2, 0.25) is 12.7 Å². The van der Waals surface area contributed by atoms with Gasteiger partial charge in [-0.15, -0.1) is 0 Å². The molecule has 0 saturated carbocycles. The molecule has 0 unspecified atom stereocenters. The van der Waals surface area contributed by atoms with Crippen LogP contribution < -0.4 is 20.5 Å². The number of hydrogen-bond acceptors (Lipinski definition) is 9. The number of fused-ring (bicyclic) bond motifs is 1. The Morgan fingerprint density at radius 3 is 2.69 bits per heavy atom. The van der Waals surface area contributed by atoms with Crippen molar-refractivity contribution in [2.45, 2.75) is 42.8 Å². The van der Waals surface area contributed by atoms with E-state index in [1.54, 1.807) is 13.0 Å². The topological polar surface area (TPSA) is 162 Å². The first kappa shape index (κ1) is 24.4. The Hall–Kier alpha value is -3.74. The number of nitrogens with zero attached hydrogens (tertiary/aromatic N) is 4. The fourth-order valence-electron chi connectivity index (χ4n) is 4.23. The van der Waals surface area contributed by atoms with Crippen LogP contribution in [0.15, 0.2) is 35.0 Å². The zero-order chi connectivity index (χ0) is 25.1. The molecule has 1 fully saturated rings. The molecule has 1 aromatic carbocycles. The summed E-state index contributed by atoms with van der Waals surface area (Å²) in [6, 6.07) is 2.91. The molecule has 35 heavy (non-hydrogen) atoms. The molecule has 1 amide bonds. The molecule has 4 N–H and O–H groups in total. The third kappa shape index (κ3) is 5.19. The van der Waals surface area contributed by atoms with Crippen LogP contribution in [0.4, 0.5) is 11.5 Å². The third-order valence-corrected chi connectivity index (χ3v) is 7.14. The Balaban J connectivity index is 1.64. The van der Waals surface area contributed by atoms with Gasteiger partial charge in [0.25, 0.3) is 5.69 Å². The number of nitro benzene ring substituents is 1. The molecule has 0 bridgehead atoms. The second kappa shape index (κ2) is 10.3. The lowest BCUT2D eigenvalue weighted by Gasteiger charge is -2.31. The number of carbonyl (C=O) groups excluding carboxylic acids is 1. The summed E-state index contributed by atoms with van der Waals surface area (Å²) < 4.78 is 12.6. The summed E-state index contributed by atoms with van der Waals surface area (Å²) >= 11 is 1.10. The zero-order valence-corrected chi connectivity index (χ0v) is 20.1. The van der Waals surface area contributed by atoms with Crippen molar-refractivity contribution in [3.8, 4) is 11.5 Å². The van der Waals surface area contributed by atoms with Gasteiger partial charge in [-0.05, 0) is 43.1 Å². The van der Waals surface area contributed by atoms with E-state index in [1.165, 1.54) is 12.3 Å². The number of hydrogen-bond donors (Lipinski definition) is 3. The normalized spacial score (nSPS) is 15.2. The molecule has 2 aliphatic heterocycles. The standard InChI is InChI=1S/C22H27N7O5S/c1-3-25-21-19(20(23)24)26-22(28(21)9-6-14-4-7-27(8-5-14)13(2)30)35-18-11-17-16(33-12-34-17)10-15(18)29(31)32/h3,10-11,14,25H,1,4-9,12H2,2H3,(H3,23,24). The molecule has 1 saturated heterocycles. The van der Waals surface area contributed by atoms with Crippen molar-refractivity contribution in [1.29, 1.82) is 5.41 Å². The van der Waals surface area contributed by atoms with Crippen molar-refractivity contribution < 1.29 is 19.2 Å². The minimum Gasteiger partial charge on any atom is -0.454 e. The molecule has 2 aromatic rings. The fourth-order valence-corrected chi connectivity index (χ4v) is 5.26. The third-order valence-electron chi connectivity index (χ3n) is 6.10. The van der Waals surface area contributed by atoms with Gasteiger partial charge in [0.15, 0.2) is 16.7 Å². The highest BCUT2D eigenvalue weighted by atomic mass is 32.2. The molecule has 0 aliphatic carbocycles. The Morgan fingerprint density at radius 2 is 2.09 bits per heavy atom. The zero-order valence-electron chi connectivity index (χ0n) is 19.3. The molecule has 1 aromatic heterocycles. The van der Waals surface area contributed by atoms with E-state index in [9.17, 15) is 14.9 Å². The van der Waals surface area contributed by atoms with Crippen LogP contribution in [0.2, 0.25) is 0 Å². The molecule has 3 heterocycles. The number of aromatic nitrogens is 2. The molecule has 186 valence electrons. The second-order valence-corrected chi connectivity index (χ2v) is 9.28. The lowest BCUT2D eigenvalue weighted by Crippen LogP contribution is -2.37. The van der Waals surface area contributed by atoms with Gasteiger partial charge in [0.1, 0.15) is 17.3 Å². The van der Waals surface area contributed by atoms with E-state index in [4.69, 9.17) is 20.6 Å². The highest BCUT2D eigenvalue weighted by molar-refractivity contribution is 7.99. The number of likely N-dealkylation sites (tertiary alicyclic amines) is 1. The van der Waals surface area contributed by atoms with Gasteiger partial charge in [0.05, 0.1) is 15.9 Å². The minimum absolute atomic E-state index is 0.000429. The van der Waals surface area contributed by atoms with Crippen molar-refractivity contribution in [1.82, 2.24) is 14.5 Å². The predicted octanol–water partition coefficient (Wildman–Crippen LogP) is 3.16. The van der Waals surface area contributed by atoms with Crippen LogP contribution in [0, 0.1) is 21.4 Å². The van der Waals surface area contributed by atoms with Crippen LogP contribution in [0.1, 0.15) is 31.9 Å². The van der Waals surface area contributed by atoms with E-state index < -0.39 is 4.92 Å². The van der Waals surface area contributed by atoms with Gasteiger partial charge < -0.3 is 30.0 Å². The van der Waals surface area contributed by atoms with Crippen LogP contribution >= 0.6 is 11.8 Å². The van der Waals surface area contributed by atoms with E-state index >= 15 is 0 Å². The van der Waals surface area contributed by atoms with E-state index in [0.717, 1.165) is 44.1 Å². The SMILES string of the molecule is C=CNc1c(C(=N)N)nc(Sc2cc3c(cc2[N+](=O)[O-])OCO3)n1CCC1CCN(C(C)=O)CC1. The van der Waals surface area contributed by atoms with Gasteiger partial charge in [-0.2, -0.15) is 0 Å². The lowest BCUT2D eigenvalue weighted by atomic mass is 9.93. The molecular weight excluding hydrogens is 474 g/mol. The number of amides is 1. The van der Waals surface area contributed by atoms with Gasteiger partial charge in [-0.25, -0.2) is 4.98 Å². The fraction of sp³-hybridized carbons (Fsp3) is 0.409. The Morgan fingerprint density at radius 1 is 1.40 bits per heavy atom. The number of anilines is 1. The first-order chi connectivity index (χ1) is 16.8. The van der Waals surface area contributed by atoms with Crippen LogP contribution in [-0.4, -0.2) is 51.0 Å². The van der Waals surface area contributed by atoms with Gasteiger partial charge in [-0.3, -0.25) is 20.3 Å². The molecule has 12 nitrogen and oxygen atoms in total. The van der Waals surface area contributed by atoms with E-state index in [-0.39, 0.29) is 29.9 Å².